The van der Waals surface area contributed by atoms with Crippen molar-refractivity contribution in [3.63, 3.8) is 0 Å². The number of rotatable bonds is 1. The molecule has 0 spiro atoms. The van der Waals surface area contributed by atoms with E-state index in [1.807, 2.05) is 19.1 Å². The van der Waals surface area contributed by atoms with E-state index in [1.54, 1.807) is 13.1 Å². The van der Waals surface area contributed by atoms with Crippen molar-refractivity contribution in [1.29, 1.82) is 0 Å². The van der Waals surface area contributed by atoms with Gasteiger partial charge in [0, 0.05) is 7.05 Å². The van der Waals surface area contributed by atoms with Crippen LogP contribution in [-0.4, -0.2) is 12.2 Å². The molecule has 0 atom stereocenters. The lowest BCUT2D eigenvalue weighted by Gasteiger charge is -2.05. The standard InChI is InChI=1S/C8H11NO/c1-6-4-3-5-7(10)8(6)9-2/h3-5,9-10H,1-2H3. The van der Waals surface area contributed by atoms with E-state index in [0.29, 0.717) is 5.75 Å². The lowest BCUT2D eigenvalue weighted by atomic mass is 10.2. The smallest absolute Gasteiger partial charge is 0.138 e. The Labute approximate surface area is 60.5 Å². The quantitative estimate of drug-likeness (QED) is 0.578. The molecule has 2 N–H and O–H groups in total. The molecular weight excluding hydrogens is 126 g/mol. The summed E-state index contributed by atoms with van der Waals surface area (Å²) in [5.41, 5.74) is 1.87. The van der Waals surface area contributed by atoms with Gasteiger partial charge in [-0.2, -0.15) is 0 Å². The Morgan fingerprint density at radius 2 is 2.10 bits per heavy atom. The maximum absolute atomic E-state index is 9.23. The second kappa shape index (κ2) is 2.60. The molecule has 1 aromatic rings. The predicted molar refractivity (Wildman–Crippen MR) is 42.4 cm³/mol. The summed E-state index contributed by atoms with van der Waals surface area (Å²) < 4.78 is 0. The van der Waals surface area contributed by atoms with Gasteiger partial charge < -0.3 is 10.4 Å². The third-order valence-electron chi connectivity index (χ3n) is 1.50. The third kappa shape index (κ3) is 1.05. The summed E-state index contributed by atoms with van der Waals surface area (Å²) in [6.45, 7) is 1.95. The Morgan fingerprint density at radius 3 is 2.50 bits per heavy atom. The van der Waals surface area contributed by atoms with Crippen LogP contribution in [0.15, 0.2) is 18.2 Å². The van der Waals surface area contributed by atoms with E-state index in [9.17, 15) is 5.11 Å². The molecular formula is C8H11NO. The number of phenolic OH excluding ortho intramolecular Hbond substituents is 1. The summed E-state index contributed by atoms with van der Waals surface area (Å²) in [7, 11) is 1.79. The number of aromatic hydroxyl groups is 1. The second-order valence-corrected chi connectivity index (χ2v) is 2.22. The van der Waals surface area contributed by atoms with Crippen molar-refractivity contribution in [1.82, 2.24) is 0 Å². The maximum atomic E-state index is 9.23. The Kier molecular flexibility index (Phi) is 1.81. The summed E-state index contributed by atoms with van der Waals surface area (Å²) in [4.78, 5) is 0. The molecule has 2 heteroatoms. The normalized spacial score (nSPS) is 9.40. The fourth-order valence-electron chi connectivity index (χ4n) is 0.978. The van der Waals surface area contributed by atoms with E-state index in [4.69, 9.17) is 0 Å². The zero-order chi connectivity index (χ0) is 7.56. The van der Waals surface area contributed by atoms with Gasteiger partial charge in [-0.15, -0.1) is 0 Å². The van der Waals surface area contributed by atoms with Gasteiger partial charge in [0.25, 0.3) is 0 Å². The van der Waals surface area contributed by atoms with Gasteiger partial charge >= 0.3 is 0 Å². The molecule has 1 rings (SSSR count). The van der Waals surface area contributed by atoms with Gasteiger partial charge in [0.1, 0.15) is 5.75 Å². The monoisotopic (exact) mass is 137 g/mol. The largest absolute Gasteiger partial charge is 0.506 e. The molecule has 2 nitrogen and oxygen atoms in total. The van der Waals surface area contributed by atoms with E-state index < -0.39 is 0 Å². The van der Waals surface area contributed by atoms with Crippen molar-refractivity contribution in [3.05, 3.63) is 23.8 Å². The molecule has 1 aromatic carbocycles. The van der Waals surface area contributed by atoms with Crippen LogP contribution in [0, 0.1) is 6.92 Å². The van der Waals surface area contributed by atoms with Crippen LogP contribution in [0.5, 0.6) is 5.75 Å². The van der Waals surface area contributed by atoms with Crippen LogP contribution in [0.1, 0.15) is 5.56 Å². The van der Waals surface area contributed by atoms with E-state index in [2.05, 4.69) is 5.32 Å². The van der Waals surface area contributed by atoms with E-state index in [1.165, 1.54) is 0 Å². The molecule has 0 heterocycles. The van der Waals surface area contributed by atoms with Gasteiger partial charge in [-0.3, -0.25) is 0 Å². The van der Waals surface area contributed by atoms with Crippen molar-refractivity contribution in [2.24, 2.45) is 0 Å². The molecule has 0 radical (unpaired) electrons. The molecule has 0 unspecified atom stereocenters. The number of aryl methyl sites for hydroxylation is 1. The number of phenols is 1. The predicted octanol–water partition coefficient (Wildman–Crippen LogP) is 1.74. The van der Waals surface area contributed by atoms with Crippen LogP contribution >= 0.6 is 0 Å². The van der Waals surface area contributed by atoms with Gasteiger partial charge in [-0.25, -0.2) is 0 Å². The Bertz CT molecular complexity index is 212. The number of hydrogen-bond acceptors (Lipinski definition) is 2. The van der Waals surface area contributed by atoms with Gasteiger partial charge in [-0.1, -0.05) is 12.1 Å². The molecule has 0 saturated heterocycles. The molecule has 0 aromatic heterocycles. The number of benzene rings is 1. The van der Waals surface area contributed by atoms with Gasteiger partial charge in [0.05, 0.1) is 5.69 Å². The average molecular weight is 137 g/mol. The minimum absolute atomic E-state index is 0.308. The van der Waals surface area contributed by atoms with Gasteiger partial charge in [0.2, 0.25) is 0 Å². The molecule has 10 heavy (non-hydrogen) atoms. The van der Waals surface area contributed by atoms with Crippen LogP contribution in [0.3, 0.4) is 0 Å². The zero-order valence-corrected chi connectivity index (χ0v) is 6.18. The third-order valence-corrected chi connectivity index (χ3v) is 1.50. The van der Waals surface area contributed by atoms with E-state index in [0.717, 1.165) is 11.3 Å². The number of hydrogen-bond donors (Lipinski definition) is 2. The molecule has 0 saturated carbocycles. The fraction of sp³-hybridized carbons (Fsp3) is 0.250. The highest BCUT2D eigenvalue weighted by Gasteiger charge is 1.98. The number of nitrogens with one attached hydrogen (secondary N) is 1. The summed E-state index contributed by atoms with van der Waals surface area (Å²) in [6.07, 6.45) is 0. The average Bonchev–Trinajstić information content (AvgIpc) is 1.88. The topological polar surface area (TPSA) is 32.3 Å². The van der Waals surface area contributed by atoms with Crippen molar-refractivity contribution >= 4 is 5.69 Å². The molecule has 0 amide bonds. The molecule has 0 aliphatic rings. The Morgan fingerprint density at radius 1 is 1.40 bits per heavy atom. The fourth-order valence-corrected chi connectivity index (χ4v) is 0.978. The lowest BCUT2D eigenvalue weighted by molar-refractivity contribution is 0.477. The van der Waals surface area contributed by atoms with Gasteiger partial charge in [0.15, 0.2) is 0 Å². The van der Waals surface area contributed by atoms with Crippen molar-refractivity contribution in [2.75, 3.05) is 12.4 Å². The molecule has 54 valence electrons. The highest BCUT2D eigenvalue weighted by atomic mass is 16.3. The highest BCUT2D eigenvalue weighted by molar-refractivity contribution is 5.60. The summed E-state index contributed by atoms with van der Waals surface area (Å²) >= 11 is 0. The SMILES string of the molecule is CNc1c(C)cccc1O. The maximum Gasteiger partial charge on any atom is 0.138 e. The first kappa shape index (κ1) is 6.93. The van der Waals surface area contributed by atoms with Crippen LogP contribution in [0.25, 0.3) is 0 Å². The molecule has 0 aliphatic heterocycles. The Hall–Kier alpha value is -1.18. The van der Waals surface area contributed by atoms with Crippen molar-refractivity contribution in [2.45, 2.75) is 6.92 Å². The molecule has 0 bridgehead atoms. The Balaban J connectivity index is 3.17. The minimum Gasteiger partial charge on any atom is -0.506 e. The summed E-state index contributed by atoms with van der Waals surface area (Å²) in [6, 6.07) is 5.44. The summed E-state index contributed by atoms with van der Waals surface area (Å²) in [5, 5.41) is 12.1. The van der Waals surface area contributed by atoms with Crippen LogP contribution in [-0.2, 0) is 0 Å². The number of para-hydroxylation sites is 1. The first-order chi connectivity index (χ1) is 4.75. The molecule has 0 aliphatic carbocycles. The van der Waals surface area contributed by atoms with Crippen LogP contribution in [0.4, 0.5) is 5.69 Å². The molecule has 0 fully saturated rings. The van der Waals surface area contributed by atoms with Crippen molar-refractivity contribution < 1.29 is 5.11 Å². The van der Waals surface area contributed by atoms with Gasteiger partial charge in [-0.05, 0) is 18.6 Å². The first-order valence-corrected chi connectivity index (χ1v) is 3.22. The highest BCUT2D eigenvalue weighted by Crippen LogP contribution is 2.25. The first-order valence-electron chi connectivity index (χ1n) is 3.22. The van der Waals surface area contributed by atoms with Crippen LogP contribution < -0.4 is 5.32 Å². The zero-order valence-electron chi connectivity index (χ0n) is 6.18. The van der Waals surface area contributed by atoms with Crippen LogP contribution in [0.2, 0.25) is 0 Å². The second-order valence-electron chi connectivity index (χ2n) is 2.22. The van der Waals surface area contributed by atoms with E-state index >= 15 is 0 Å². The lowest BCUT2D eigenvalue weighted by Crippen LogP contribution is -1.90. The van der Waals surface area contributed by atoms with Crippen molar-refractivity contribution in [3.8, 4) is 5.75 Å². The van der Waals surface area contributed by atoms with E-state index in [-0.39, 0.29) is 0 Å². The summed E-state index contributed by atoms with van der Waals surface area (Å²) in [5.74, 6) is 0.308. The minimum atomic E-state index is 0.308. The number of anilines is 1.